The Labute approximate surface area is 175 Å². The van der Waals surface area contributed by atoms with E-state index in [9.17, 15) is 9.90 Å². The summed E-state index contributed by atoms with van der Waals surface area (Å²) in [6, 6.07) is 21.6. The fourth-order valence-corrected chi connectivity index (χ4v) is 3.36. The molecule has 0 saturated heterocycles. The van der Waals surface area contributed by atoms with E-state index in [1.807, 2.05) is 42.5 Å². The zero-order chi connectivity index (χ0) is 20.2. The van der Waals surface area contributed by atoms with Gasteiger partial charge >= 0.3 is 0 Å². The largest absolute Gasteiger partial charge is 0.507 e. The SMILES string of the molecule is O=C(N/N=C\c1cc(Br)ccc1O)[C@H]1Oc2ccccc2O[C@H]1c1ccccc1. The predicted molar refractivity (Wildman–Crippen MR) is 112 cm³/mol. The number of nitrogens with one attached hydrogen (secondary N) is 1. The molecule has 1 heterocycles. The molecule has 4 rings (SSSR count). The van der Waals surface area contributed by atoms with E-state index in [1.165, 1.54) is 12.3 Å². The van der Waals surface area contributed by atoms with Crippen LogP contribution in [0.3, 0.4) is 0 Å². The minimum Gasteiger partial charge on any atom is -0.507 e. The van der Waals surface area contributed by atoms with E-state index >= 15 is 0 Å². The molecule has 0 aliphatic carbocycles. The molecule has 29 heavy (non-hydrogen) atoms. The second-order valence-corrected chi connectivity index (χ2v) is 7.29. The number of para-hydroxylation sites is 2. The number of fused-ring (bicyclic) bond motifs is 1. The number of rotatable bonds is 4. The summed E-state index contributed by atoms with van der Waals surface area (Å²) in [7, 11) is 0. The van der Waals surface area contributed by atoms with E-state index in [0.717, 1.165) is 10.0 Å². The van der Waals surface area contributed by atoms with Crippen LogP contribution in [0.15, 0.2) is 82.4 Å². The molecule has 0 fully saturated rings. The Morgan fingerprint density at radius 2 is 1.69 bits per heavy atom. The number of phenolic OH excluding ortho intramolecular Hbond substituents is 1. The number of carbonyl (C=O) groups excluding carboxylic acids is 1. The summed E-state index contributed by atoms with van der Waals surface area (Å²) in [4.78, 5) is 12.8. The fourth-order valence-electron chi connectivity index (χ4n) is 2.98. The average Bonchev–Trinajstić information content (AvgIpc) is 2.75. The van der Waals surface area contributed by atoms with E-state index in [2.05, 4.69) is 26.5 Å². The molecule has 7 heteroatoms. The first-order valence-corrected chi connectivity index (χ1v) is 9.70. The molecule has 0 saturated carbocycles. The molecule has 0 radical (unpaired) electrons. The van der Waals surface area contributed by atoms with E-state index < -0.39 is 18.1 Å². The number of nitrogens with zero attached hydrogens (tertiary/aromatic N) is 1. The van der Waals surface area contributed by atoms with Gasteiger partial charge in [0, 0.05) is 10.0 Å². The molecule has 1 amide bonds. The van der Waals surface area contributed by atoms with Gasteiger partial charge in [-0.05, 0) is 35.9 Å². The summed E-state index contributed by atoms with van der Waals surface area (Å²) in [6.07, 6.45) is -0.186. The van der Waals surface area contributed by atoms with Crippen molar-refractivity contribution in [1.82, 2.24) is 5.43 Å². The second kappa shape index (κ2) is 8.36. The highest BCUT2D eigenvalue weighted by atomic mass is 79.9. The summed E-state index contributed by atoms with van der Waals surface area (Å²) in [5.41, 5.74) is 3.76. The summed E-state index contributed by atoms with van der Waals surface area (Å²) in [6.45, 7) is 0. The van der Waals surface area contributed by atoms with Gasteiger partial charge in [0.25, 0.3) is 5.91 Å². The second-order valence-electron chi connectivity index (χ2n) is 6.37. The highest BCUT2D eigenvalue weighted by molar-refractivity contribution is 9.10. The van der Waals surface area contributed by atoms with Crippen LogP contribution in [0.5, 0.6) is 17.2 Å². The Bertz CT molecular complexity index is 1060. The van der Waals surface area contributed by atoms with Crippen molar-refractivity contribution in [2.75, 3.05) is 0 Å². The number of amides is 1. The van der Waals surface area contributed by atoms with Crippen molar-refractivity contribution in [3.63, 3.8) is 0 Å². The smallest absolute Gasteiger partial charge is 0.285 e. The lowest BCUT2D eigenvalue weighted by molar-refractivity contribution is -0.134. The number of aromatic hydroxyl groups is 1. The summed E-state index contributed by atoms with van der Waals surface area (Å²) in [5.74, 6) is 0.667. The quantitative estimate of drug-likeness (QED) is 0.459. The number of hydrogen-bond acceptors (Lipinski definition) is 5. The Morgan fingerprint density at radius 3 is 2.45 bits per heavy atom. The van der Waals surface area contributed by atoms with E-state index in [4.69, 9.17) is 9.47 Å². The molecule has 1 aliphatic rings. The lowest BCUT2D eigenvalue weighted by atomic mass is 10.0. The van der Waals surface area contributed by atoms with E-state index in [0.29, 0.717) is 17.1 Å². The molecule has 2 N–H and O–H groups in total. The van der Waals surface area contributed by atoms with Gasteiger partial charge in [-0.1, -0.05) is 58.4 Å². The normalized spacial score (nSPS) is 17.8. The topological polar surface area (TPSA) is 80.2 Å². The first-order valence-electron chi connectivity index (χ1n) is 8.90. The molecular weight excluding hydrogens is 436 g/mol. The van der Waals surface area contributed by atoms with Crippen LogP contribution in [0.25, 0.3) is 0 Å². The van der Waals surface area contributed by atoms with Crippen LogP contribution in [0.1, 0.15) is 17.2 Å². The third-order valence-corrected chi connectivity index (χ3v) is 4.88. The van der Waals surface area contributed by atoms with Crippen molar-refractivity contribution >= 4 is 28.1 Å². The van der Waals surface area contributed by atoms with Crippen molar-refractivity contribution in [2.45, 2.75) is 12.2 Å². The zero-order valence-corrected chi connectivity index (χ0v) is 16.7. The highest BCUT2D eigenvalue weighted by Gasteiger charge is 2.38. The minimum atomic E-state index is -0.930. The van der Waals surface area contributed by atoms with Gasteiger partial charge in [-0.3, -0.25) is 4.79 Å². The summed E-state index contributed by atoms with van der Waals surface area (Å²) in [5, 5.41) is 13.8. The maximum absolute atomic E-state index is 12.8. The molecule has 6 nitrogen and oxygen atoms in total. The third-order valence-electron chi connectivity index (χ3n) is 4.39. The maximum Gasteiger partial charge on any atom is 0.285 e. The van der Waals surface area contributed by atoms with Crippen LogP contribution in [0, 0.1) is 0 Å². The van der Waals surface area contributed by atoms with E-state index in [-0.39, 0.29) is 5.75 Å². The Balaban J connectivity index is 1.56. The Morgan fingerprint density at radius 1 is 1.00 bits per heavy atom. The zero-order valence-electron chi connectivity index (χ0n) is 15.2. The predicted octanol–water partition coefficient (Wildman–Crippen LogP) is 4.19. The molecule has 1 aliphatic heterocycles. The van der Waals surface area contributed by atoms with Crippen LogP contribution >= 0.6 is 15.9 Å². The van der Waals surface area contributed by atoms with Gasteiger partial charge in [0.1, 0.15) is 5.75 Å². The molecule has 0 bridgehead atoms. The van der Waals surface area contributed by atoms with Crippen molar-refractivity contribution in [2.24, 2.45) is 5.10 Å². The average molecular weight is 453 g/mol. The number of ether oxygens (including phenoxy) is 2. The molecular formula is C22H17BrN2O4. The Kier molecular flexibility index (Phi) is 5.48. The third kappa shape index (κ3) is 4.25. The van der Waals surface area contributed by atoms with Gasteiger partial charge in [-0.15, -0.1) is 0 Å². The standard InChI is InChI=1S/C22H17BrN2O4/c23-16-10-11-17(26)15(12-16)13-24-25-22(27)21-20(14-6-2-1-3-7-14)28-18-8-4-5-9-19(18)29-21/h1-13,20-21,26H,(H,25,27)/b24-13-/t20-,21-/m0/s1. The highest BCUT2D eigenvalue weighted by Crippen LogP contribution is 2.39. The maximum atomic E-state index is 12.8. The molecule has 0 unspecified atom stereocenters. The van der Waals surface area contributed by atoms with Crippen molar-refractivity contribution in [3.05, 3.63) is 88.4 Å². The van der Waals surface area contributed by atoms with Gasteiger partial charge in [0.15, 0.2) is 17.6 Å². The van der Waals surface area contributed by atoms with Gasteiger partial charge in [0.2, 0.25) is 6.10 Å². The van der Waals surface area contributed by atoms with Crippen LogP contribution < -0.4 is 14.9 Å². The van der Waals surface area contributed by atoms with E-state index in [1.54, 1.807) is 24.3 Å². The monoisotopic (exact) mass is 452 g/mol. The first-order chi connectivity index (χ1) is 14.1. The minimum absolute atomic E-state index is 0.0551. The number of benzene rings is 3. The van der Waals surface area contributed by atoms with Crippen molar-refractivity contribution < 1.29 is 19.4 Å². The van der Waals surface area contributed by atoms with Gasteiger partial charge in [0.05, 0.1) is 6.21 Å². The first kappa shape index (κ1) is 19.0. The summed E-state index contributed by atoms with van der Waals surface area (Å²) < 4.78 is 12.8. The number of carbonyl (C=O) groups is 1. The van der Waals surface area contributed by atoms with Crippen LogP contribution in [-0.2, 0) is 4.79 Å². The molecule has 3 aromatic rings. The van der Waals surface area contributed by atoms with Crippen LogP contribution in [0.4, 0.5) is 0 Å². The van der Waals surface area contributed by atoms with Gasteiger partial charge in [-0.2, -0.15) is 5.10 Å². The molecule has 2 atom stereocenters. The fraction of sp³-hybridized carbons (Fsp3) is 0.0909. The number of hydrazone groups is 1. The molecule has 3 aromatic carbocycles. The van der Waals surface area contributed by atoms with Crippen LogP contribution in [-0.4, -0.2) is 23.3 Å². The summed E-state index contributed by atoms with van der Waals surface area (Å²) >= 11 is 3.33. The van der Waals surface area contributed by atoms with Gasteiger partial charge < -0.3 is 14.6 Å². The molecule has 146 valence electrons. The number of phenols is 1. The molecule has 0 aromatic heterocycles. The number of hydrogen-bond donors (Lipinski definition) is 2. The molecule has 0 spiro atoms. The van der Waals surface area contributed by atoms with Gasteiger partial charge in [-0.25, -0.2) is 5.43 Å². The van der Waals surface area contributed by atoms with Crippen molar-refractivity contribution in [3.8, 4) is 17.2 Å². The Hall–Kier alpha value is -3.32. The number of halogens is 1. The lowest BCUT2D eigenvalue weighted by Crippen LogP contribution is -2.44. The van der Waals surface area contributed by atoms with Crippen molar-refractivity contribution in [1.29, 1.82) is 0 Å². The lowest BCUT2D eigenvalue weighted by Gasteiger charge is -2.32. The van der Waals surface area contributed by atoms with Crippen LogP contribution in [0.2, 0.25) is 0 Å².